The molecule has 0 unspecified atom stereocenters. The lowest BCUT2D eigenvalue weighted by atomic mass is 10.0. The molecule has 0 saturated heterocycles. The molecule has 0 radical (unpaired) electrons. The zero-order valence-electron chi connectivity index (χ0n) is 7.56. The van der Waals surface area contributed by atoms with Gasteiger partial charge in [0.05, 0.1) is 6.67 Å². The first kappa shape index (κ1) is 9.50. The predicted octanol–water partition coefficient (Wildman–Crippen LogP) is 3.79. The third kappa shape index (κ3) is 3.70. The smallest absolute Gasteiger partial charge is 0.0894 e. The van der Waals surface area contributed by atoms with Gasteiger partial charge in [-0.1, -0.05) is 23.8 Å². The van der Waals surface area contributed by atoms with E-state index in [2.05, 4.69) is 18.2 Å². The maximum absolute atomic E-state index is 11.8. The fourth-order valence-corrected chi connectivity index (χ4v) is 1.49. The first-order valence-corrected chi connectivity index (χ1v) is 4.82. The number of rotatable bonds is 4. The van der Waals surface area contributed by atoms with E-state index in [4.69, 9.17) is 0 Å². The lowest BCUT2D eigenvalue weighted by Gasteiger charge is -2.02. The van der Waals surface area contributed by atoms with Crippen LogP contribution in [0.4, 0.5) is 4.39 Å². The third-order valence-corrected chi connectivity index (χ3v) is 2.22. The monoisotopic (exact) mass is 168 g/mol. The molecule has 0 aliphatic heterocycles. The Labute approximate surface area is 74.2 Å². The maximum atomic E-state index is 11.8. The number of hydrogen-bond donors (Lipinski definition) is 0. The number of hydrogen-bond acceptors (Lipinski definition) is 0. The van der Waals surface area contributed by atoms with Crippen molar-refractivity contribution in [2.45, 2.75) is 38.5 Å². The highest BCUT2D eigenvalue weighted by Gasteiger charge is 1.98. The molecule has 0 spiro atoms. The van der Waals surface area contributed by atoms with Crippen LogP contribution in [0.2, 0.25) is 0 Å². The normalized spacial score (nSPS) is 17.2. The van der Waals surface area contributed by atoms with E-state index in [1.54, 1.807) is 0 Å². The van der Waals surface area contributed by atoms with Gasteiger partial charge in [0.25, 0.3) is 0 Å². The summed E-state index contributed by atoms with van der Waals surface area (Å²) in [6, 6.07) is 0. The minimum absolute atomic E-state index is 0.161. The summed E-state index contributed by atoms with van der Waals surface area (Å²) in [5.41, 5.74) is 1.52. The Morgan fingerprint density at radius 3 is 3.00 bits per heavy atom. The van der Waals surface area contributed by atoms with Gasteiger partial charge in [0.15, 0.2) is 0 Å². The van der Waals surface area contributed by atoms with Gasteiger partial charge in [-0.25, -0.2) is 0 Å². The molecule has 0 aromatic carbocycles. The van der Waals surface area contributed by atoms with Crippen LogP contribution in [0.15, 0.2) is 23.8 Å². The van der Waals surface area contributed by atoms with Crippen molar-refractivity contribution >= 4 is 0 Å². The lowest BCUT2D eigenvalue weighted by Crippen LogP contribution is -1.85. The van der Waals surface area contributed by atoms with Gasteiger partial charge in [-0.2, -0.15) is 0 Å². The van der Waals surface area contributed by atoms with Crippen LogP contribution in [0.3, 0.4) is 0 Å². The molecule has 1 aliphatic rings. The molecule has 0 heterocycles. The van der Waals surface area contributed by atoms with Crippen LogP contribution in [0, 0.1) is 0 Å². The van der Waals surface area contributed by atoms with Crippen molar-refractivity contribution in [2.24, 2.45) is 0 Å². The van der Waals surface area contributed by atoms with E-state index in [1.165, 1.54) is 18.4 Å². The molecule has 0 fully saturated rings. The number of halogens is 1. The SMILES string of the molecule is FCCCCC1=CCC=CCC1. The average Bonchev–Trinajstić information content (AvgIpc) is 2.33. The highest BCUT2D eigenvalue weighted by molar-refractivity contribution is 5.09. The quantitative estimate of drug-likeness (QED) is 0.442. The van der Waals surface area contributed by atoms with E-state index in [-0.39, 0.29) is 6.67 Å². The molecule has 0 atom stereocenters. The zero-order valence-corrected chi connectivity index (χ0v) is 7.56. The summed E-state index contributed by atoms with van der Waals surface area (Å²) in [6.45, 7) is -0.161. The molecular formula is C11H17F. The molecule has 0 N–H and O–H groups in total. The minimum Gasteiger partial charge on any atom is -0.251 e. The van der Waals surface area contributed by atoms with Crippen molar-refractivity contribution in [3.8, 4) is 0 Å². The number of alkyl halides is 1. The van der Waals surface area contributed by atoms with Crippen LogP contribution in [0.1, 0.15) is 38.5 Å². The second-order valence-corrected chi connectivity index (χ2v) is 3.25. The van der Waals surface area contributed by atoms with Crippen LogP contribution in [0.25, 0.3) is 0 Å². The van der Waals surface area contributed by atoms with Crippen molar-refractivity contribution in [1.29, 1.82) is 0 Å². The van der Waals surface area contributed by atoms with Crippen molar-refractivity contribution < 1.29 is 4.39 Å². The summed E-state index contributed by atoms with van der Waals surface area (Å²) in [6.07, 6.45) is 13.0. The molecule has 0 saturated carbocycles. The van der Waals surface area contributed by atoms with E-state index in [0.717, 1.165) is 25.7 Å². The van der Waals surface area contributed by atoms with Crippen LogP contribution in [-0.2, 0) is 0 Å². The van der Waals surface area contributed by atoms with E-state index in [1.807, 2.05) is 0 Å². The van der Waals surface area contributed by atoms with Crippen molar-refractivity contribution in [3.63, 3.8) is 0 Å². The Morgan fingerprint density at radius 2 is 2.17 bits per heavy atom. The van der Waals surface area contributed by atoms with Crippen molar-refractivity contribution in [3.05, 3.63) is 23.8 Å². The molecule has 12 heavy (non-hydrogen) atoms. The first-order valence-electron chi connectivity index (χ1n) is 4.82. The average molecular weight is 168 g/mol. The molecule has 0 amide bonds. The second-order valence-electron chi connectivity index (χ2n) is 3.25. The summed E-state index contributed by atoms with van der Waals surface area (Å²) in [4.78, 5) is 0. The van der Waals surface area contributed by atoms with Crippen LogP contribution >= 0.6 is 0 Å². The highest BCUT2D eigenvalue weighted by atomic mass is 19.1. The Morgan fingerprint density at radius 1 is 1.25 bits per heavy atom. The summed E-state index contributed by atoms with van der Waals surface area (Å²) in [5, 5.41) is 0. The largest absolute Gasteiger partial charge is 0.251 e. The molecule has 0 nitrogen and oxygen atoms in total. The number of unbranched alkanes of at least 4 members (excludes halogenated alkanes) is 1. The molecule has 0 bridgehead atoms. The van der Waals surface area contributed by atoms with E-state index < -0.39 is 0 Å². The second kappa shape index (κ2) is 5.99. The summed E-state index contributed by atoms with van der Waals surface area (Å²) < 4.78 is 11.8. The Balaban J connectivity index is 2.18. The van der Waals surface area contributed by atoms with Gasteiger partial charge in [0.2, 0.25) is 0 Å². The van der Waals surface area contributed by atoms with E-state index in [9.17, 15) is 4.39 Å². The Hall–Kier alpha value is -0.590. The number of allylic oxidation sites excluding steroid dienone is 4. The van der Waals surface area contributed by atoms with Gasteiger partial charge in [-0.15, -0.1) is 0 Å². The van der Waals surface area contributed by atoms with Gasteiger partial charge in [0, 0.05) is 0 Å². The fourth-order valence-electron chi connectivity index (χ4n) is 1.49. The minimum atomic E-state index is -0.161. The molecule has 68 valence electrons. The summed E-state index contributed by atoms with van der Waals surface area (Å²) in [7, 11) is 0. The standard InChI is InChI=1S/C11H17F/c12-10-6-5-9-11-7-3-1-2-4-8-11/h1-2,7H,3-6,8-10H2. The fraction of sp³-hybridized carbons (Fsp3) is 0.636. The summed E-state index contributed by atoms with van der Waals surface area (Å²) in [5.74, 6) is 0. The van der Waals surface area contributed by atoms with Crippen molar-refractivity contribution in [2.75, 3.05) is 6.67 Å². The van der Waals surface area contributed by atoms with Crippen molar-refractivity contribution in [1.82, 2.24) is 0 Å². The van der Waals surface area contributed by atoms with Gasteiger partial charge in [-0.3, -0.25) is 4.39 Å². The van der Waals surface area contributed by atoms with Gasteiger partial charge < -0.3 is 0 Å². The maximum Gasteiger partial charge on any atom is 0.0894 e. The third-order valence-electron chi connectivity index (χ3n) is 2.22. The topological polar surface area (TPSA) is 0 Å². The van der Waals surface area contributed by atoms with Crippen LogP contribution in [-0.4, -0.2) is 6.67 Å². The first-order chi connectivity index (χ1) is 5.93. The zero-order chi connectivity index (χ0) is 8.65. The van der Waals surface area contributed by atoms with E-state index in [0.29, 0.717) is 0 Å². The highest BCUT2D eigenvalue weighted by Crippen LogP contribution is 2.17. The Bertz CT molecular complexity index is 168. The molecule has 1 heteroatoms. The molecule has 0 aromatic rings. The summed E-state index contributed by atoms with van der Waals surface area (Å²) >= 11 is 0. The molecule has 1 rings (SSSR count). The lowest BCUT2D eigenvalue weighted by molar-refractivity contribution is 0.461. The van der Waals surface area contributed by atoms with Gasteiger partial charge >= 0.3 is 0 Å². The van der Waals surface area contributed by atoms with Crippen LogP contribution < -0.4 is 0 Å². The van der Waals surface area contributed by atoms with Crippen LogP contribution in [0.5, 0.6) is 0 Å². The Kier molecular flexibility index (Phi) is 4.74. The van der Waals surface area contributed by atoms with E-state index >= 15 is 0 Å². The van der Waals surface area contributed by atoms with Gasteiger partial charge in [-0.05, 0) is 38.5 Å². The molecular weight excluding hydrogens is 151 g/mol. The molecule has 0 aromatic heterocycles. The predicted molar refractivity (Wildman–Crippen MR) is 50.9 cm³/mol. The molecule has 1 aliphatic carbocycles. The van der Waals surface area contributed by atoms with Gasteiger partial charge in [0.1, 0.15) is 0 Å².